The quantitative estimate of drug-likeness (QED) is 0.683. The van der Waals surface area contributed by atoms with Gasteiger partial charge in [0.25, 0.3) is 0 Å². The van der Waals surface area contributed by atoms with Crippen molar-refractivity contribution >= 4 is 0 Å². The maximum Gasteiger partial charge on any atom is 0.138 e. The number of nitrogens with zero attached hydrogens (tertiary/aromatic N) is 3. The van der Waals surface area contributed by atoms with Crippen molar-refractivity contribution in [3.05, 3.63) is 12.2 Å². The minimum Gasteiger partial charge on any atom is -0.315 e. The predicted octanol–water partition coefficient (Wildman–Crippen LogP) is 0.746. The minimum absolute atomic E-state index is 0.569. The molecule has 13 heavy (non-hydrogen) atoms. The van der Waals surface area contributed by atoms with Crippen molar-refractivity contribution in [3.8, 4) is 0 Å². The molecule has 0 aliphatic carbocycles. The van der Waals surface area contributed by atoms with Crippen LogP contribution in [0.25, 0.3) is 0 Å². The van der Waals surface area contributed by atoms with Crippen molar-refractivity contribution in [2.24, 2.45) is 7.05 Å². The standard InChI is InChI=1S/C9H18N4/c1-8(2)10-6-4-5-9-11-7-12-13(9)3/h7-8,10H,4-6H2,1-3H3. The highest BCUT2D eigenvalue weighted by Gasteiger charge is 1.99. The van der Waals surface area contributed by atoms with Gasteiger partial charge >= 0.3 is 0 Å². The van der Waals surface area contributed by atoms with E-state index in [9.17, 15) is 0 Å². The topological polar surface area (TPSA) is 42.7 Å². The van der Waals surface area contributed by atoms with Crippen LogP contribution in [0.5, 0.6) is 0 Å². The minimum atomic E-state index is 0.569. The monoisotopic (exact) mass is 182 g/mol. The van der Waals surface area contributed by atoms with Gasteiger partial charge < -0.3 is 5.32 Å². The summed E-state index contributed by atoms with van der Waals surface area (Å²) in [5.74, 6) is 1.06. The van der Waals surface area contributed by atoms with Crippen LogP contribution in [0, 0.1) is 0 Å². The molecule has 0 spiro atoms. The molecule has 1 heterocycles. The van der Waals surface area contributed by atoms with Crippen molar-refractivity contribution in [2.75, 3.05) is 6.54 Å². The van der Waals surface area contributed by atoms with Crippen LogP contribution in [-0.4, -0.2) is 27.4 Å². The third kappa shape index (κ3) is 3.55. The Morgan fingerprint density at radius 2 is 2.31 bits per heavy atom. The number of nitrogens with one attached hydrogen (secondary N) is 1. The molecule has 0 amide bonds. The molecule has 0 fully saturated rings. The molecule has 4 heteroatoms. The summed E-state index contributed by atoms with van der Waals surface area (Å²) in [7, 11) is 1.93. The van der Waals surface area contributed by atoms with Crippen LogP contribution >= 0.6 is 0 Å². The lowest BCUT2D eigenvalue weighted by molar-refractivity contribution is 0.558. The molecule has 0 aliphatic heterocycles. The Hall–Kier alpha value is -0.900. The van der Waals surface area contributed by atoms with Gasteiger partial charge in [0.05, 0.1) is 0 Å². The van der Waals surface area contributed by atoms with Gasteiger partial charge in [0.1, 0.15) is 12.2 Å². The third-order valence-corrected chi connectivity index (χ3v) is 1.93. The molecule has 0 unspecified atom stereocenters. The van der Waals surface area contributed by atoms with Crippen LogP contribution < -0.4 is 5.32 Å². The zero-order chi connectivity index (χ0) is 9.68. The second-order valence-corrected chi connectivity index (χ2v) is 3.51. The second-order valence-electron chi connectivity index (χ2n) is 3.51. The van der Waals surface area contributed by atoms with Gasteiger partial charge in [0.15, 0.2) is 0 Å². The lowest BCUT2D eigenvalue weighted by Crippen LogP contribution is -2.24. The first-order valence-corrected chi connectivity index (χ1v) is 4.76. The molecule has 1 rings (SSSR count). The van der Waals surface area contributed by atoms with Crippen molar-refractivity contribution in [1.82, 2.24) is 20.1 Å². The first-order valence-electron chi connectivity index (χ1n) is 4.76. The van der Waals surface area contributed by atoms with E-state index in [2.05, 4.69) is 29.2 Å². The lowest BCUT2D eigenvalue weighted by atomic mass is 10.3. The summed E-state index contributed by atoms with van der Waals surface area (Å²) in [5.41, 5.74) is 0. The molecular weight excluding hydrogens is 164 g/mol. The van der Waals surface area contributed by atoms with E-state index in [1.54, 1.807) is 6.33 Å². The Kier molecular flexibility index (Phi) is 3.89. The Bertz CT molecular complexity index is 242. The van der Waals surface area contributed by atoms with E-state index < -0.39 is 0 Å². The van der Waals surface area contributed by atoms with Gasteiger partial charge in [-0.15, -0.1) is 0 Å². The van der Waals surface area contributed by atoms with E-state index >= 15 is 0 Å². The summed E-state index contributed by atoms with van der Waals surface area (Å²) in [4.78, 5) is 4.16. The third-order valence-electron chi connectivity index (χ3n) is 1.93. The van der Waals surface area contributed by atoms with Gasteiger partial charge in [-0.1, -0.05) is 13.8 Å². The van der Waals surface area contributed by atoms with Crippen LogP contribution in [0.3, 0.4) is 0 Å². The van der Waals surface area contributed by atoms with E-state index in [1.807, 2.05) is 11.7 Å². The Morgan fingerprint density at radius 1 is 1.54 bits per heavy atom. The first-order chi connectivity index (χ1) is 6.20. The summed E-state index contributed by atoms with van der Waals surface area (Å²) in [6.45, 7) is 5.36. The first kappa shape index (κ1) is 10.2. The summed E-state index contributed by atoms with van der Waals surface area (Å²) in [6.07, 6.45) is 3.71. The molecule has 4 nitrogen and oxygen atoms in total. The van der Waals surface area contributed by atoms with E-state index in [0.717, 1.165) is 25.2 Å². The smallest absolute Gasteiger partial charge is 0.138 e. The molecule has 74 valence electrons. The zero-order valence-electron chi connectivity index (χ0n) is 8.62. The zero-order valence-corrected chi connectivity index (χ0v) is 8.62. The van der Waals surface area contributed by atoms with Crippen LogP contribution in [0.1, 0.15) is 26.1 Å². The Labute approximate surface area is 79.4 Å². The fourth-order valence-corrected chi connectivity index (χ4v) is 1.18. The van der Waals surface area contributed by atoms with Crippen LogP contribution in [0.2, 0.25) is 0 Å². The average molecular weight is 182 g/mol. The molecule has 0 aromatic carbocycles. The molecule has 1 N–H and O–H groups in total. The van der Waals surface area contributed by atoms with E-state index in [1.165, 1.54) is 0 Å². The molecule has 1 aromatic heterocycles. The van der Waals surface area contributed by atoms with Gasteiger partial charge in [-0.3, -0.25) is 4.68 Å². The number of rotatable bonds is 5. The Balaban J connectivity index is 2.17. The van der Waals surface area contributed by atoms with E-state index in [0.29, 0.717) is 6.04 Å². The number of aryl methyl sites for hydroxylation is 2. The normalized spacial score (nSPS) is 11.1. The highest BCUT2D eigenvalue weighted by Crippen LogP contribution is 1.95. The van der Waals surface area contributed by atoms with Gasteiger partial charge in [-0.05, 0) is 13.0 Å². The van der Waals surface area contributed by atoms with Crippen molar-refractivity contribution in [1.29, 1.82) is 0 Å². The van der Waals surface area contributed by atoms with Gasteiger partial charge in [-0.2, -0.15) is 5.10 Å². The summed E-state index contributed by atoms with van der Waals surface area (Å²) in [5, 5.41) is 7.39. The van der Waals surface area contributed by atoms with Gasteiger partial charge in [0, 0.05) is 19.5 Å². The molecule has 0 atom stereocenters. The van der Waals surface area contributed by atoms with Crippen molar-refractivity contribution in [3.63, 3.8) is 0 Å². The van der Waals surface area contributed by atoms with E-state index in [-0.39, 0.29) is 0 Å². The molecule has 0 saturated carbocycles. The lowest BCUT2D eigenvalue weighted by Gasteiger charge is -2.06. The molecule has 0 saturated heterocycles. The summed E-state index contributed by atoms with van der Waals surface area (Å²) >= 11 is 0. The van der Waals surface area contributed by atoms with Gasteiger partial charge in [-0.25, -0.2) is 4.98 Å². The molecule has 0 radical (unpaired) electrons. The largest absolute Gasteiger partial charge is 0.315 e. The van der Waals surface area contributed by atoms with Crippen LogP contribution in [0.4, 0.5) is 0 Å². The number of aromatic nitrogens is 3. The maximum absolute atomic E-state index is 4.16. The van der Waals surface area contributed by atoms with Crippen LogP contribution in [0.15, 0.2) is 6.33 Å². The molecule has 0 bridgehead atoms. The highest BCUT2D eigenvalue weighted by molar-refractivity contribution is 4.83. The molecule has 0 aliphatic rings. The SMILES string of the molecule is CC(C)NCCCc1ncnn1C. The number of hydrogen-bond acceptors (Lipinski definition) is 3. The molecular formula is C9H18N4. The highest BCUT2D eigenvalue weighted by atomic mass is 15.3. The fraction of sp³-hybridized carbons (Fsp3) is 0.778. The summed E-state index contributed by atoms with van der Waals surface area (Å²) < 4.78 is 1.83. The number of hydrogen-bond donors (Lipinski definition) is 1. The van der Waals surface area contributed by atoms with Crippen molar-refractivity contribution < 1.29 is 0 Å². The van der Waals surface area contributed by atoms with Crippen molar-refractivity contribution in [2.45, 2.75) is 32.7 Å². The second kappa shape index (κ2) is 4.97. The Morgan fingerprint density at radius 3 is 2.85 bits per heavy atom. The fourth-order valence-electron chi connectivity index (χ4n) is 1.18. The van der Waals surface area contributed by atoms with Gasteiger partial charge in [0.2, 0.25) is 0 Å². The van der Waals surface area contributed by atoms with Crippen LogP contribution in [-0.2, 0) is 13.5 Å². The molecule has 1 aromatic rings. The summed E-state index contributed by atoms with van der Waals surface area (Å²) in [6, 6.07) is 0.569. The maximum atomic E-state index is 4.16. The van der Waals surface area contributed by atoms with E-state index in [4.69, 9.17) is 0 Å². The average Bonchev–Trinajstić information content (AvgIpc) is 2.45. The predicted molar refractivity (Wildman–Crippen MR) is 52.5 cm³/mol.